The van der Waals surface area contributed by atoms with Gasteiger partial charge in [0.2, 0.25) is 0 Å². The highest BCUT2D eigenvalue weighted by Gasteiger charge is 2.19. The minimum Gasteiger partial charge on any atom is -0.377 e. The van der Waals surface area contributed by atoms with E-state index in [1.165, 1.54) is 5.69 Å². The van der Waals surface area contributed by atoms with Gasteiger partial charge in [0.25, 0.3) is 0 Å². The first-order valence-electron chi connectivity index (χ1n) is 6.66. The summed E-state index contributed by atoms with van der Waals surface area (Å²) in [7, 11) is 0. The molecule has 0 saturated carbocycles. The third kappa shape index (κ3) is 4.37. The largest absolute Gasteiger partial charge is 0.377 e. The summed E-state index contributed by atoms with van der Waals surface area (Å²) in [6, 6.07) is 0.181. The predicted octanol–water partition coefficient (Wildman–Crippen LogP) is 3.13. The lowest BCUT2D eigenvalue weighted by Gasteiger charge is -2.21. The maximum Gasteiger partial charge on any atom is 0.0741 e. The second-order valence-electron chi connectivity index (χ2n) is 4.59. The Bertz CT molecular complexity index is 352. The van der Waals surface area contributed by atoms with Gasteiger partial charge in [0.15, 0.2) is 0 Å². The summed E-state index contributed by atoms with van der Waals surface area (Å²) < 4.78 is 8.85. The van der Waals surface area contributed by atoms with Crippen LogP contribution in [0.15, 0.2) is 10.7 Å². The van der Waals surface area contributed by atoms with Gasteiger partial charge in [-0.05, 0) is 42.7 Å². The molecule has 0 aliphatic carbocycles. The SMILES string of the molecule is CCCn1ncc(Br)c1C(COC(C)C)NCC. The second kappa shape index (κ2) is 7.92. The maximum atomic E-state index is 5.74. The molecule has 1 heterocycles. The highest BCUT2D eigenvalue weighted by molar-refractivity contribution is 9.10. The minimum absolute atomic E-state index is 0.181. The van der Waals surface area contributed by atoms with Gasteiger partial charge in [0.05, 0.1) is 35.1 Å². The van der Waals surface area contributed by atoms with Crippen LogP contribution in [0.1, 0.15) is 45.9 Å². The van der Waals surface area contributed by atoms with E-state index < -0.39 is 0 Å². The van der Waals surface area contributed by atoms with E-state index in [9.17, 15) is 0 Å². The van der Waals surface area contributed by atoms with Gasteiger partial charge in [0.1, 0.15) is 0 Å². The molecule has 4 nitrogen and oxygen atoms in total. The number of nitrogens with one attached hydrogen (secondary N) is 1. The molecule has 1 aromatic rings. The van der Waals surface area contributed by atoms with Gasteiger partial charge >= 0.3 is 0 Å². The fourth-order valence-corrected chi connectivity index (χ4v) is 2.45. The first-order chi connectivity index (χ1) is 8.60. The van der Waals surface area contributed by atoms with E-state index in [1.807, 2.05) is 6.20 Å². The van der Waals surface area contributed by atoms with Crippen molar-refractivity contribution < 1.29 is 4.74 Å². The Morgan fingerprint density at radius 1 is 1.44 bits per heavy atom. The zero-order valence-corrected chi connectivity index (χ0v) is 13.3. The number of aryl methyl sites for hydroxylation is 1. The Hall–Kier alpha value is -0.390. The van der Waals surface area contributed by atoms with E-state index in [-0.39, 0.29) is 12.1 Å². The van der Waals surface area contributed by atoms with Crippen LogP contribution >= 0.6 is 15.9 Å². The van der Waals surface area contributed by atoms with Crippen LogP contribution in [0.5, 0.6) is 0 Å². The standard InChI is InChI=1S/C13H24BrN3O/c1-5-7-17-13(11(14)8-16-17)12(15-6-2)9-18-10(3)4/h8,10,12,15H,5-7,9H2,1-4H3. The third-order valence-corrected chi connectivity index (χ3v) is 3.26. The lowest BCUT2D eigenvalue weighted by atomic mass is 10.2. The molecule has 0 aliphatic rings. The molecule has 1 N–H and O–H groups in total. The fraction of sp³-hybridized carbons (Fsp3) is 0.769. The van der Waals surface area contributed by atoms with Crippen molar-refractivity contribution in [3.05, 3.63) is 16.4 Å². The van der Waals surface area contributed by atoms with Crippen molar-refractivity contribution >= 4 is 15.9 Å². The average Bonchev–Trinajstić information content (AvgIpc) is 2.67. The van der Waals surface area contributed by atoms with Gasteiger partial charge in [-0.3, -0.25) is 4.68 Å². The first-order valence-corrected chi connectivity index (χ1v) is 7.45. The molecule has 104 valence electrons. The van der Waals surface area contributed by atoms with Crippen molar-refractivity contribution in [2.75, 3.05) is 13.2 Å². The molecular formula is C13H24BrN3O. The van der Waals surface area contributed by atoms with Gasteiger partial charge in [-0.25, -0.2) is 0 Å². The zero-order valence-electron chi connectivity index (χ0n) is 11.7. The Kier molecular flexibility index (Phi) is 6.89. The normalized spacial score (nSPS) is 13.2. The number of ether oxygens (including phenoxy) is 1. The Morgan fingerprint density at radius 3 is 2.72 bits per heavy atom. The Morgan fingerprint density at radius 2 is 2.17 bits per heavy atom. The van der Waals surface area contributed by atoms with Crippen molar-refractivity contribution in [1.82, 2.24) is 15.1 Å². The van der Waals surface area contributed by atoms with Gasteiger partial charge in [-0.1, -0.05) is 13.8 Å². The van der Waals surface area contributed by atoms with Crippen molar-refractivity contribution in [1.29, 1.82) is 0 Å². The second-order valence-corrected chi connectivity index (χ2v) is 5.45. The van der Waals surface area contributed by atoms with Crippen LogP contribution in [0, 0.1) is 0 Å². The molecule has 0 radical (unpaired) electrons. The highest BCUT2D eigenvalue weighted by atomic mass is 79.9. The van der Waals surface area contributed by atoms with Crippen molar-refractivity contribution in [3.63, 3.8) is 0 Å². The van der Waals surface area contributed by atoms with Crippen LogP contribution in [-0.2, 0) is 11.3 Å². The lowest BCUT2D eigenvalue weighted by molar-refractivity contribution is 0.0595. The van der Waals surface area contributed by atoms with Gasteiger partial charge in [-0.15, -0.1) is 0 Å². The van der Waals surface area contributed by atoms with Crippen LogP contribution in [0.25, 0.3) is 0 Å². The Balaban J connectivity index is 2.85. The van der Waals surface area contributed by atoms with E-state index >= 15 is 0 Å². The Labute approximate surface area is 118 Å². The van der Waals surface area contributed by atoms with Crippen LogP contribution in [0.2, 0.25) is 0 Å². The van der Waals surface area contributed by atoms with E-state index in [0.717, 1.165) is 24.0 Å². The summed E-state index contributed by atoms with van der Waals surface area (Å²) in [5.74, 6) is 0. The van der Waals surface area contributed by atoms with Crippen molar-refractivity contribution in [2.45, 2.75) is 52.8 Å². The average molecular weight is 318 g/mol. The molecule has 18 heavy (non-hydrogen) atoms. The summed E-state index contributed by atoms with van der Waals surface area (Å²) in [4.78, 5) is 0. The summed E-state index contributed by atoms with van der Waals surface area (Å²) in [5.41, 5.74) is 1.18. The quantitative estimate of drug-likeness (QED) is 0.800. The summed E-state index contributed by atoms with van der Waals surface area (Å²) in [5, 5.41) is 7.87. The molecule has 1 aromatic heterocycles. The third-order valence-electron chi connectivity index (χ3n) is 2.65. The monoisotopic (exact) mass is 317 g/mol. The van der Waals surface area contributed by atoms with Crippen LogP contribution in [0.4, 0.5) is 0 Å². The van der Waals surface area contributed by atoms with Crippen molar-refractivity contribution in [3.8, 4) is 0 Å². The molecule has 0 bridgehead atoms. The number of nitrogens with zero attached hydrogens (tertiary/aromatic N) is 2. The van der Waals surface area contributed by atoms with Crippen LogP contribution < -0.4 is 5.32 Å². The van der Waals surface area contributed by atoms with Crippen LogP contribution in [0.3, 0.4) is 0 Å². The molecule has 0 amide bonds. The number of rotatable bonds is 8. The molecule has 1 atom stereocenters. The molecule has 1 rings (SSSR count). The number of hydrogen-bond acceptors (Lipinski definition) is 3. The predicted molar refractivity (Wildman–Crippen MR) is 77.7 cm³/mol. The summed E-state index contributed by atoms with van der Waals surface area (Å²) in [6.07, 6.45) is 3.18. The first kappa shape index (κ1) is 15.7. The summed E-state index contributed by atoms with van der Waals surface area (Å²) in [6.45, 7) is 10.9. The molecule has 0 aromatic carbocycles. The number of hydrogen-bond donors (Lipinski definition) is 1. The molecule has 5 heteroatoms. The number of halogens is 1. The van der Waals surface area contributed by atoms with Gasteiger partial charge in [-0.2, -0.15) is 5.10 Å². The maximum absolute atomic E-state index is 5.74. The molecule has 0 aliphatic heterocycles. The van der Waals surface area contributed by atoms with E-state index in [0.29, 0.717) is 6.61 Å². The molecule has 0 fully saturated rings. The topological polar surface area (TPSA) is 39.1 Å². The fourth-order valence-electron chi connectivity index (χ4n) is 1.88. The minimum atomic E-state index is 0.181. The van der Waals surface area contributed by atoms with E-state index in [4.69, 9.17) is 4.74 Å². The molecule has 0 saturated heterocycles. The van der Waals surface area contributed by atoms with Crippen molar-refractivity contribution in [2.24, 2.45) is 0 Å². The lowest BCUT2D eigenvalue weighted by Crippen LogP contribution is -2.29. The van der Waals surface area contributed by atoms with Gasteiger partial charge in [0, 0.05) is 6.54 Å². The zero-order chi connectivity index (χ0) is 13.5. The number of likely N-dealkylation sites (N-methyl/N-ethyl adjacent to an activating group) is 1. The molecular weight excluding hydrogens is 294 g/mol. The summed E-state index contributed by atoms with van der Waals surface area (Å²) >= 11 is 3.59. The van der Waals surface area contributed by atoms with Crippen LogP contribution in [-0.4, -0.2) is 29.0 Å². The smallest absolute Gasteiger partial charge is 0.0741 e. The number of aromatic nitrogens is 2. The highest BCUT2D eigenvalue weighted by Crippen LogP contribution is 2.24. The van der Waals surface area contributed by atoms with E-state index in [2.05, 4.69) is 58.7 Å². The van der Waals surface area contributed by atoms with E-state index in [1.54, 1.807) is 0 Å². The molecule has 0 spiro atoms. The molecule has 1 unspecified atom stereocenters. The van der Waals surface area contributed by atoms with Gasteiger partial charge < -0.3 is 10.1 Å².